The van der Waals surface area contributed by atoms with E-state index in [1.807, 2.05) is 0 Å². The maximum atomic E-state index is 12.1. The van der Waals surface area contributed by atoms with E-state index in [9.17, 15) is 24.6 Å². The van der Waals surface area contributed by atoms with Crippen LogP contribution in [0.3, 0.4) is 0 Å². The van der Waals surface area contributed by atoms with Crippen LogP contribution in [-0.2, 0) is 14.3 Å². The fourth-order valence-electron chi connectivity index (χ4n) is 4.11. The quantitative estimate of drug-likeness (QED) is 0.183. The number of ether oxygens (including phenoxy) is 2. The highest BCUT2D eigenvalue weighted by molar-refractivity contribution is 5.69. The summed E-state index contributed by atoms with van der Waals surface area (Å²) in [7, 11) is 0. The molecule has 2 rings (SSSR count). The number of esters is 1. The average Bonchev–Trinajstić information content (AvgIpc) is 3.11. The summed E-state index contributed by atoms with van der Waals surface area (Å²) in [6, 6.07) is 0. The SMILES string of the molecule is CCCCCCC=CCCCCCCCC(=O)OC[C@H]1O[C@@H](n2cc(C)c(=O)[nH]c2=O)[C@@H](O)[C@@H]1O. The Morgan fingerprint density at radius 1 is 1.03 bits per heavy atom. The largest absolute Gasteiger partial charge is 0.463 e. The van der Waals surface area contributed by atoms with Crippen molar-refractivity contribution in [2.75, 3.05) is 6.61 Å². The van der Waals surface area contributed by atoms with E-state index in [4.69, 9.17) is 9.47 Å². The van der Waals surface area contributed by atoms with E-state index >= 15 is 0 Å². The third-order valence-corrected chi connectivity index (χ3v) is 6.31. The minimum Gasteiger partial charge on any atom is -0.463 e. The van der Waals surface area contributed by atoms with Gasteiger partial charge in [0.2, 0.25) is 0 Å². The number of nitrogens with one attached hydrogen (secondary N) is 1. The van der Waals surface area contributed by atoms with Crippen molar-refractivity contribution in [3.8, 4) is 0 Å². The molecule has 1 aromatic heterocycles. The molecule has 1 aliphatic heterocycles. The van der Waals surface area contributed by atoms with Crippen LogP contribution in [-0.4, -0.2) is 50.7 Å². The maximum Gasteiger partial charge on any atom is 0.330 e. The molecule has 1 aromatic rings. The van der Waals surface area contributed by atoms with Crippen molar-refractivity contribution < 1.29 is 24.5 Å². The lowest BCUT2D eigenvalue weighted by Gasteiger charge is -2.17. The van der Waals surface area contributed by atoms with Gasteiger partial charge in [-0.15, -0.1) is 0 Å². The monoisotopic (exact) mass is 494 g/mol. The van der Waals surface area contributed by atoms with Crippen LogP contribution in [0.1, 0.15) is 95.8 Å². The highest BCUT2D eigenvalue weighted by atomic mass is 16.6. The van der Waals surface area contributed by atoms with Crippen LogP contribution in [0, 0.1) is 6.92 Å². The molecule has 9 heteroatoms. The van der Waals surface area contributed by atoms with Gasteiger partial charge in [0, 0.05) is 18.2 Å². The molecule has 0 amide bonds. The molecule has 0 saturated carbocycles. The molecule has 9 nitrogen and oxygen atoms in total. The summed E-state index contributed by atoms with van der Waals surface area (Å²) in [5, 5.41) is 20.6. The Hall–Kier alpha value is -2.23. The van der Waals surface area contributed by atoms with Gasteiger partial charge in [-0.3, -0.25) is 19.1 Å². The zero-order chi connectivity index (χ0) is 25.6. The van der Waals surface area contributed by atoms with E-state index in [-0.39, 0.29) is 24.6 Å². The Morgan fingerprint density at radius 2 is 1.66 bits per heavy atom. The number of aromatic amines is 1. The summed E-state index contributed by atoms with van der Waals surface area (Å²) in [4.78, 5) is 37.8. The third-order valence-electron chi connectivity index (χ3n) is 6.31. The second-order valence-electron chi connectivity index (χ2n) is 9.34. The first-order valence-corrected chi connectivity index (χ1v) is 13.0. The lowest BCUT2D eigenvalue weighted by Crippen LogP contribution is -2.38. The van der Waals surface area contributed by atoms with Crippen LogP contribution < -0.4 is 11.2 Å². The number of hydrogen-bond acceptors (Lipinski definition) is 7. The van der Waals surface area contributed by atoms with Gasteiger partial charge in [0.25, 0.3) is 5.56 Å². The van der Waals surface area contributed by atoms with Crippen LogP contribution in [0.5, 0.6) is 0 Å². The summed E-state index contributed by atoms with van der Waals surface area (Å²) in [6.45, 7) is 3.51. The molecule has 1 saturated heterocycles. The second-order valence-corrected chi connectivity index (χ2v) is 9.34. The minimum atomic E-state index is -1.40. The molecule has 3 N–H and O–H groups in total. The van der Waals surface area contributed by atoms with Crippen molar-refractivity contribution in [2.45, 2.75) is 115 Å². The number of allylic oxidation sites excluding steroid dienone is 2. The Morgan fingerprint density at radius 3 is 2.34 bits per heavy atom. The van der Waals surface area contributed by atoms with E-state index in [0.29, 0.717) is 0 Å². The van der Waals surface area contributed by atoms with Crippen molar-refractivity contribution in [3.63, 3.8) is 0 Å². The lowest BCUT2D eigenvalue weighted by molar-refractivity contribution is -0.150. The first-order valence-electron chi connectivity index (χ1n) is 13.0. The number of aliphatic hydroxyl groups excluding tert-OH is 2. The number of hydrogen-bond donors (Lipinski definition) is 3. The molecule has 0 bridgehead atoms. The van der Waals surface area contributed by atoms with Gasteiger partial charge < -0.3 is 19.7 Å². The highest BCUT2D eigenvalue weighted by Gasteiger charge is 2.44. The molecule has 1 aliphatic rings. The maximum absolute atomic E-state index is 12.1. The average molecular weight is 495 g/mol. The van der Waals surface area contributed by atoms with Crippen molar-refractivity contribution in [3.05, 3.63) is 44.8 Å². The first kappa shape index (κ1) is 29.0. The van der Waals surface area contributed by atoms with Crippen LogP contribution in [0.2, 0.25) is 0 Å². The van der Waals surface area contributed by atoms with Crippen molar-refractivity contribution >= 4 is 5.97 Å². The molecule has 0 aliphatic carbocycles. The van der Waals surface area contributed by atoms with Gasteiger partial charge in [-0.1, -0.05) is 57.6 Å². The Bertz CT molecular complexity index is 908. The molecule has 0 unspecified atom stereocenters. The van der Waals surface area contributed by atoms with Gasteiger partial charge >= 0.3 is 11.7 Å². The number of rotatable bonds is 16. The summed E-state index contributed by atoms with van der Waals surface area (Å²) in [6.07, 6.45) is 13.7. The normalized spacial score (nSPS) is 22.2. The standard InChI is InChI=1S/C26H42N2O7/c1-3-4-5-6-7-8-9-10-11-12-13-14-15-16-21(29)34-18-20-22(30)23(31)25(35-20)28-17-19(2)24(32)27-26(28)33/h8-9,17,20,22-23,25,30-31H,3-7,10-16,18H2,1-2H3,(H,27,32,33)/t20-,22-,23+,25-/m1/s1. The summed E-state index contributed by atoms with van der Waals surface area (Å²) in [5.41, 5.74) is -1.03. The predicted molar refractivity (Wildman–Crippen MR) is 133 cm³/mol. The molecule has 1 fully saturated rings. The van der Waals surface area contributed by atoms with Crippen LogP contribution in [0.4, 0.5) is 0 Å². The number of nitrogens with zero attached hydrogens (tertiary/aromatic N) is 1. The zero-order valence-corrected chi connectivity index (χ0v) is 21.1. The molecular weight excluding hydrogens is 452 g/mol. The highest BCUT2D eigenvalue weighted by Crippen LogP contribution is 2.28. The van der Waals surface area contributed by atoms with Crippen LogP contribution >= 0.6 is 0 Å². The summed E-state index contributed by atoms with van der Waals surface area (Å²) < 4.78 is 11.8. The Balaban J connectivity index is 1.59. The topological polar surface area (TPSA) is 131 Å². The van der Waals surface area contributed by atoms with E-state index in [1.54, 1.807) is 0 Å². The molecule has 35 heavy (non-hydrogen) atoms. The van der Waals surface area contributed by atoms with E-state index in [1.165, 1.54) is 45.2 Å². The van der Waals surface area contributed by atoms with Crippen LogP contribution in [0.25, 0.3) is 0 Å². The number of carbonyl (C=O) groups excluding carboxylic acids is 1. The van der Waals surface area contributed by atoms with Crippen LogP contribution in [0.15, 0.2) is 27.9 Å². The third kappa shape index (κ3) is 9.74. The van der Waals surface area contributed by atoms with Gasteiger partial charge in [-0.05, 0) is 39.0 Å². The summed E-state index contributed by atoms with van der Waals surface area (Å²) in [5.74, 6) is -0.387. The molecule has 4 atom stereocenters. The fraction of sp³-hybridized carbons (Fsp3) is 0.731. The fourth-order valence-corrected chi connectivity index (χ4v) is 4.11. The number of aryl methyl sites for hydroxylation is 1. The summed E-state index contributed by atoms with van der Waals surface area (Å²) >= 11 is 0. The van der Waals surface area contributed by atoms with Gasteiger partial charge in [0.15, 0.2) is 6.23 Å². The first-order chi connectivity index (χ1) is 16.8. The molecule has 0 aromatic carbocycles. The number of unbranched alkanes of at least 4 members (excludes halogenated alkanes) is 9. The number of aliphatic hydroxyl groups is 2. The van der Waals surface area contributed by atoms with Gasteiger partial charge in [0.05, 0.1) is 0 Å². The van der Waals surface area contributed by atoms with Gasteiger partial charge in [0.1, 0.15) is 24.9 Å². The van der Waals surface area contributed by atoms with Gasteiger partial charge in [-0.25, -0.2) is 4.79 Å². The minimum absolute atomic E-state index is 0.227. The van der Waals surface area contributed by atoms with Crippen molar-refractivity contribution in [1.29, 1.82) is 0 Å². The second kappa shape index (κ2) is 15.7. The Labute approximate surface area is 207 Å². The molecule has 0 radical (unpaired) electrons. The smallest absolute Gasteiger partial charge is 0.330 e. The zero-order valence-electron chi connectivity index (χ0n) is 21.1. The molecule has 2 heterocycles. The number of carbonyl (C=O) groups is 1. The molecule has 198 valence electrons. The predicted octanol–water partition coefficient (Wildman–Crippen LogP) is 3.26. The number of H-pyrrole nitrogens is 1. The molecule has 0 spiro atoms. The van der Waals surface area contributed by atoms with Gasteiger partial charge in [-0.2, -0.15) is 0 Å². The number of aromatic nitrogens is 2. The lowest BCUT2D eigenvalue weighted by atomic mass is 10.1. The van der Waals surface area contributed by atoms with E-state index in [2.05, 4.69) is 24.1 Å². The van der Waals surface area contributed by atoms with Crippen molar-refractivity contribution in [1.82, 2.24) is 9.55 Å². The Kier molecular flexibility index (Phi) is 13.0. The van der Waals surface area contributed by atoms with E-state index < -0.39 is 35.8 Å². The van der Waals surface area contributed by atoms with Crippen molar-refractivity contribution in [2.24, 2.45) is 0 Å². The van der Waals surface area contributed by atoms with E-state index in [0.717, 1.165) is 43.1 Å². The molecular formula is C26H42N2O7.